The first-order valence-electron chi connectivity index (χ1n) is 11.1. The maximum Gasteiger partial charge on any atom is 0.410 e. The summed E-state index contributed by atoms with van der Waals surface area (Å²) in [7, 11) is 0. The van der Waals surface area contributed by atoms with E-state index in [9.17, 15) is 4.79 Å². The van der Waals surface area contributed by atoms with Gasteiger partial charge in [0.25, 0.3) is 0 Å². The van der Waals surface area contributed by atoms with Crippen molar-refractivity contribution in [2.75, 3.05) is 13.1 Å². The van der Waals surface area contributed by atoms with Crippen LogP contribution in [0, 0.1) is 6.92 Å². The van der Waals surface area contributed by atoms with E-state index in [0.717, 1.165) is 30.0 Å². The van der Waals surface area contributed by atoms with E-state index < -0.39 is 5.60 Å². The van der Waals surface area contributed by atoms with E-state index >= 15 is 0 Å². The molecule has 174 valence electrons. The second-order valence-corrected chi connectivity index (χ2v) is 9.63. The van der Waals surface area contributed by atoms with E-state index in [1.165, 1.54) is 0 Å². The lowest BCUT2D eigenvalue weighted by atomic mass is 9.91. The topological polar surface area (TPSA) is 113 Å². The van der Waals surface area contributed by atoms with Crippen molar-refractivity contribution in [3.05, 3.63) is 48.1 Å². The van der Waals surface area contributed by atoms with Gasteiger partial charge in [-0.15, -0.1) is 5.10 Å². The summed E-state index contributed by atoms with van der Waals surface area (Å²) in [5.74, 6) is 1.32. The van der Waals surface area contributed by atoms with Gasteiger partial charge in [0.15, 0.2) is 11.6 Å². The van der Waals surface area contributed by atoms with Crippen LogP contribution >= 0.6 is 0 Å². The van der Waals surface area contributed by atoms with Gasteiger partial charge >= 0.3 is 6.09 Å². The van der Waals surface area contributed by atoms with Crippen LogP contribution in [0.3, 0.4) is 0 Å². The molecule has 1 amide bonds. The molecular weight excluding hydrogens is 424 g/mol. The Labute approximate surface area is 191 Å². The highest BCUT2D eigenvalue weighted by atomic mass is 16.6. The molecule has 2 aliphatic heterocycles. The first kappa shape index (κ1) is 21.5. The average molecular weight is 453 g/mol. The summed E-state index contributed by atoms with van der Waals surface area (Å²) >= 11 is 0. The Morgan fingerprint density at radius 1 is 1.24 bits per heavy atom. The van der Waals surface area contributed by atoms with Crippen LogP contribution < -0.4 is 0 Å². The third-order valence-corrected chi connectivity index (χ3v) is 5.78. The Balaban J connectivity index is 1.36. The minimum absolute atomic E-state index is 0.239. The molecule has 1 spiro atoms. The number of carbonyl (C=O) groups is 1. The lowest BCUT2D eigenvalue weighted by Crippen LogP contribution is -2.63. The SMILES string of the molecule is Cc1ncccc1-n1nc(Cn2nccn2)nc1C1CCC2(CN(C(=O)OC(C)(C)C)C2)O1. The second kappa shape index (κ2) is 7.91. The average Bonchev–Trinajstić information content (AvgIpc) is 3.45. The minimum atomic E-state index is -0.517. The Morgan fingerprint density at radius 3 is 2.70 bits per heavy atom. The van der Waals surface area contributed by atoms with Crippen LogP contribution in [0.5, 0.6) is 0 Å². The van der Waals surface area contributed by atoms with Crippen molar-refractivity contribution in [2.24, 2.45) is 0 Å². The number of hydrogen-bond acceptors (Lipinski definition) is 8. The lowest BCUT2D eigenvalue weighted by Gasteiger charge is -2.47. The summed E-state index contributed by atoms with van der Waals surface area (Å²) in [4.78, 5) is 24.8. The molecule has 0 radical (unpaired) electrons. The fraction of sp³-hybridized carbons (Fsp3) is 0.545. The van der Waals surface area contributed by atoms with Crippen LogP contribution in [0.2, 0.25) is 0 Å². The van der Waals surface area contributed by atoms with Crippen LogP contribution in [0.1, 0.15) is 57.1 Å². The lowest BCUT2D eigenvalue weighted by molar-refractivity contribution is -0.134. The van der Waals surface area contributed by atoms with Crippen molar-refractivity contribution in [2.45, 2.75) is 64.4 Å². The maximum atomic E-state index is 12.4. The van der Waals surface area contributed by atoms with Crippen LogP contribution in [0.4, 0.5) is 4.79 Å². The molecule has 5 heterocycles. The predicted molar refractivity (Wildman–Crippen MR) is 117 cm³/mol. The number of pyridine rings is 1. The molecule has 1 unspecified atom stereocenters. The van der Waals surface area contributed by atoms with Gasteiger partial charge in [0.2, 0.25) is 0 Å². The van der Waals surface area contributed by atoms with Crippen molar-refractivity contribution < 1.29 is 14.3 Å². The van der Waals surface area contributed by atoms with E-state index in [1.54, 1.807) is 28.3 Å². The molecule has 2 fully saturated rings. The van der Waals surface area contributed by atoms with E-state index in [0.29, 0.717) is 25.5 Å². The van der Waals surface area contributed by atoms with Crippen molar-refractivity contribution in [3.8, 4) is 5.69 Å². The Morgan fingerprint density at radius 2 is 2.00 bits per heavy atom. The summed E-state index contributed by atoms with van der Waals surface area (Å²) in [6.45, 7) is 8.93. The van der Waals surface area contributed by atoms with Gasteiger partial charge in [-0.05, 0) is 52.7 Å². The quantitative estimate of drug-likeness (QED) is 0.593. The normalized spacial score (nSPS) is 19.6. The zero-order chi connectivity index (χ0) is 23.2. The van der Waals surface area contributed by atoms with Crippen molar-refractivity contribution >= 4 is 6.09 Å². The van der Waals surface area contributed by atoms with Gasteiger partial charge in [-0.1, -0.05) is 0 Å². The molecule has 0 bridgehead atoms. The standard InChI is InChI=1S/C22H28N8O3/c1-15-16(6-5-9-23-15)30-19(26-18(27-30)12-29-24-10-11-25-29)17-7-8-22(32-17)13-28(14-22)20(31)33-21(2,3)4/h5-6,9-11,17H,7-8,12-14H2,1-4H3. The summed E-state index contributed by atoms with van der Waals surface area (Å²) < 4.78 is 13.8. The number of likely N-dealkylation sites (tertiary alicyclic amines) is 1. The summed E-state index contributed by atoms with van der Waals surface area (Å²) in [6.07, 6.45) is 6.09. The number of hydrogen-bond donors (Lipinski definition) is 0. The zero-order valence-corrected chi connectivity index (χ0v) is 19.3. The van der Waals surface area contributed by atoms with Gasteiger partial charge < -0.3 is 14.4 Å². The molecule has 11 nitrogen and oxygen atoms in total. The summed E-state index contributed by atoms with van der Waals surface area (Å²) in [5, 5.41) is 13.1. The monoisotopic (exact) mass is 452 g/mol. The molecule has 3 aromatic heterocycles. The molecule has 0 saturated carbocycles. The molecular formula is C22H28N8O3. The number of rotatable bonds is 4. The number of amides is 1. The van der Waals surface area contributed by atoms with Crippen LogP contribution in [-0.2, 0) is 16.0 Å². The Kier molecular flexibility index (Phi) is 5.15. The molecule has 3 aromatic rings. The van der Waals surface area contributed by atoms with Gasteiger partial charge in [-0.2, -0.15) is 15.0 Å². The van der Waals surface area contributed by atoms with Crippen molar-refractivity contribution in [1.29, 1.82) is 0 Å². The van der Waals surface area contributed by atoms with Gasteiger partial charge in [0.1, 0.15) is 23.9 Å². The van der Waals surface area contributed by atoms with Crippen LogP contribution in [0.25, 0.3) is 5.69 Å². The smallest absolute Gasteiger partial charge is 0.410 e. The first-order chi connectivity index (χ1) is 15.7. The minimum Gasteiger partial charge on any atom is -0.444 e. The number of carbonyl (C=O) groups excluding carboxylic acids is 1. The van der Waals surface area contributed by atoms with Gasteiger partial charge in [-0.3, -0.25) is 4.98 Å². The van der Waals surface area contributed by atoms with Gasteiger partial charge in [0.05, 0.1) is 36.9 Å². The number of aromatic nitrogens is 7. The fourth-order valence-electron chi connectivity index (χ4n) is 4.31. The summed E-state index contributed by atoms with van der Waals surface area (Å²) in [6, 6.07) is 3.85. The second-order valence-electron chi connectivity index (χ2n) is 9.63. The highest BCUT2D eigenvalue weighted by Gasteiger charge is 2.53. The molecule has 33 heavy (non-hydrogen) atoms. The Hall–Kier alpha value is -3.34. The molecule has 2 saturated heterocycles. The third kappa shape index (κ3) is 4.32. The predicted octanol–water partition coefficient (Wildman–Crippen LogP) is 2.45. The molecule has 2 aliphatic rings. The third-order valence-electron chi connectivity index (χ3n) is 5.78. The van der Waals surface area contributed by atoms with Crippen LogP contribution in [-0.4, -0.2) is 70.0 Å². The summed E-state index contributed by atoms with van der Waals surface area (Å²) in [5.41, 5.74) is 0.816. The molecule has 1 atom stereocenters. The Bertz CT molecular complexity index is 1140. The largest absolute Gasteiger partial charge is 0.444 e. The molecule has 0 N–H and O–H groups in total. The van der Waals surface area contributed by atoms with Crippen LogP contribution in [0.15, 0.2) is 30.7 Å². The van der Waals surface area contributed by atoms with E-state index in [4.69, 9.17) is 19.6 Å². The van der Waals surface area contributed by atoms with E-state index in [1.807, 2.05) is 44.5 Å². The molecule has 5 rings (SSSR count). The van der Waals surface area contributed by atoms with Gasteiger partial charge in [-0.25, -0.2) is 14.5 Å². The van der Waals surface area contributed by atoms with Crippen molar-refractivity contribution in [1.82, 2.24) is 39.6 Å². The zero-order valence-electron chi connectivity index (χ0n) is 19.3. The van der Waals surface area contributed by atoms with E-state index in [2.05, 4.69) is 15.2 Å². The first-order valence-corrected chi connectivity index (χ1v) is 11.1. The van der Waals surface area contributed by atoms with Crippen molar-refractivity contribution in [3.63, 3.8) is 0 Å². The number of nitrogens with zero attached hydrogens (tertiary/aromatic N) is 8. The molecule has 11 heteroatoms. The number of ether oxygens (including phenoxy) is 2. The highest BCUT2D eigenvalue weighted by Crippen LogP contribution is 2.44. The fourth-order valence-corrected chi connectivity index (χ4v) is 4.31. The van der Waals surface area contributed by atoms with Gasteiger partial charge in [0, 0.05) is 6.20 Å². The molecule has 0 aromatic carbocycles. The highest BCUT2D eigenvalue weighted by molar-refractivity contribution is 5.69. The molecule has 0 aliphatic carbocycles. The maximum absolute atomic E-state index is 12.4. The van der Waals surface area contributed by atoms with E-state index in [-0.39, 0.29) is 17.8 Å². The number of aryl methyl sites for hydroxylation is 1.